The molecule has 1 aliphatic rings. The molecule has 1 aromatic carbocycles. The van der Waals surface area contributed by atoms with Gasteiger partial charge in [-0.25, -0.2) is 22.9 Å². The van der Waals surface area contributed by atoms with Crippen LogP contribution in [0.15, 0.2) is 27.6 Å². The van der Waals surface area contributed by atoms with Crippen molar-refractivity contribution in [2.75, 3.05) is 37.4 Å². The van der Waals surface area contributed by atoms with Crippen LogP contribution in [0.5, 0.6) is 0 Å². The lowest BCUT2D eigenvalue weighted by Gasteiger charge is -2.41. The topological polar surface area (TPSA) is 102 Å². The van der Waals surface area contributed by atoms with E-state index in [9.17, 15) is 18.4 Å². The number of pyridine rings is 2. The SMILES string of the molecule is CCOC(=O)c1cn(-c2nc(N)c(F)cc2F)c2c(Br)c(N3CC(NC)C3)c(F)cc2c1=O. The number of benzene rings is 1. The molecular formula is C21H19BrF3N5O3. The molecule has 2 aromatic heterocycles. The molecule has 1 aliphatic heterocycles. The molecule has 3 N–H and O–H groups in total. The number of carbonyl (C=O) groups is 1. The van der Waals surface area contributed by atoms with Gasteiger partial charge in [-0.1, -0.05) is 0 Å². The van der Waals surface area contributed by atoms with Crippen LogP contribution in [0.4, 0.5) is 24.7 Å². The molecule has 8 nitrogen and oxygen atoms in total. The first-order valence-electron chi connectivity index (χ1n) is 9.96. The van der Waals surface area contributed by atoms with Crippen molar-refractivity contribution < 1.29 is 22.7 Å². The van der Waals surface area contributed by atoms with Crippen LogP contribution >= 0.6 is 15.9 Å². The molecule has 0 unspecified atom stereocenters. The first kappa shape index (κ1) is 23.1. The number of halogens is 4. The zero-order chi connectivity index (χ0) is 24.0. The molecule has 0 spiro atoms. The molecular weight excluding hydrogens is 507 g/mol. The van der Waals surface area contributed by atoms with Crippen LogP contribution in [0, 0.1) is 17.5 Å². The second kappa shape index (κ2) is 8.67. The first-order chi connectivity index (χ1) is 15.7. The van der Waals surface area contributed by atoms with E-state index in [4.69, 9.17) is 10.5 Å². The molecule has 0 amide bonds. The van der Waals surface area contributed by atoms with E-state index in [1.807, 2.05) is 0 Å². The van der Waals surface area contributed by atoms with Gasteiger partial charge >= 0.3 is 5.97 Å². The van der Waals surface area contributed by atoms with Gasteiger partial charge in [0.1, 0.15) is 11.4 Å². The van der Waals surface area contributed by atoms with Gasteiger partial charge in [-0.3, -0.25) is 9.36 Å². The van der Waals surface area contributed by atoms with Crippen LogP contribution in [0.2, 0.25) is 0 Å². The number of nitrogens with one attached hydrogen (secondary N) is 1. The highest BCUT2D eigenvalue weighted by molar-refractivity contribution is 9.10. The zero-order valence-electron chi connectivity index (χ0n) is 17.6. The summed E-state index contributed by atoms with van der Waals surface area (Å²) in [6.45, 7) is 2.52. The van der Waals surface area contributed by atoms with Gasteiger partial charge in [0, 0.05) is 31.4 Å². The Morgan fingerprint density at radius 3 is 2.61 bits per heavy atom. The van der Waals surface area contributed by atoms with Gasteiger partial charge in [0.15, 0.2) is 23.3 Å². The predicted octanol–water partition coefficient (Wildman–Crippen LogP) is 2.73. The first-order valence-corrected chi connectivity index (χ1v) is 10.8. The summed E-state index contributed by atoms with van der Waals surface area (Å²) in [5.41, 5.74) is 4.46. The number of rotatable bonds is 5. The largest absolute Gasteiger partial charge is 0.462 e. The summed E-state index contributed by atoms with van der Waals surface area (Å²) in [6, 6.07) is 1.67. The van der Waals surface area contributed by atoms with Gasteiger partial charge in [0.05, 0.1) is 27.7 Å². The van der Waals surface area contributed by atoms with Crippen molar-refractivity contribution in [3.05, 3.63) is 56.0 Å². The molecule has 0 bridgehead atoms. The van der Waals surface area contributed by atoms with Crippen LogP contribution in [0.3, 0.4) is 0 Å². The highest BCUT2D eigenvalue weighted by Gasteiger charge is 2.32. The van der Waals surface area contributed by atoms with Gasteiger partial charge in [-0.15, -0.1) is 0 Å². The fraction of sp³-hybridized carbons (Fsp3) is 0.286. The lowest BCUT2D eigenvalue weighted by Crippen LogP contribution is -2.57. The van der Waals surface area contributed by atoms with Gasteiger partial charge in [0.2, 0.25) is 5.43 Å². The van der Waals surface area contributed by atoms with Gasteiger partial charge in [-0.2, -0.15) is 0 Å². The molecule has 0 radical (unpaired) electrons. The van der Waals surface area contributed by atoms with E-state index in [-0.39, 0.29) is 33.7 Å². The average molecular weight is 526 g/mol. The van der Waals surface area contributed by atoms with E-state index in [1.54, 1.807) is 18.9 Å². The molecule has 0 atom stereocenters. The molecule has 0 aliphatic carbocycles. The van der Waals surface area contributed by atoms with E-state index >= 15 is 4.39 Å². The highest BCUT2D eigenvalue weighted by Crippen LogP contribution is 2.38. The van der Waals surface area contributed by atoms with Gasteiger partial charge < -0.3 is 20.7 Å². The Bertz CT molecular complexity index is 1340. The van der Waals surface area contributed by atoms with Crippen LogP contribution < -0.4 is 21.4 Å². The molecule has 174 valence electrons. The number of fused-ring (bicyclic) bond motifs is 1. The summed E-state index contributed by atoms with van der Waals surface area (Å²) in [7, 11) is 1.79. The van der Waals surface area contributed by atoms with E-state index in [0.717, 1.165) is 16.8 Å². The summed E-state index contributed by atoms with van der Waals surface area (Å²) in [5, 5.41) is 2.86. The summed E-state index contributed by atoms with van der Waals surface area (Å²) in [5.74, 6) is -4.92. The van der Waals surface area contributed by atoms with Crippen LogP contribution in [-0.4, -0.2) is 48.3 Å². The minimum Gasteiger partial charge on any atom is -0.462 e. The Morgan fingerprint density at radius 1 is 1.27 bits per heavy atom. The van der Waals surface area contributed by atoms with Crippen LogP contribution in [-0.2, 0) is 4.74 Å². The molecule has 0 saturated carbocycles. The molecule has 3 heterocycles. The number of anilines is 2. The Hall–Kier alpha value is -3.12. The molecule has 12 heteroatoms. The maximum Gasteiger partial charge on any atom is 0.343 e. The number of nitrogens with zero attached hydrogens (tertiary/aromatic N) is 3. The number of hydrogen-bond donors (Lipinski definition) is 2. The fourth-order valence-electron chi connectivity index (χ4n) is 3.70. The number of nitrogens with two attached hydrogens (primary N) is 1. The second-order valence-corrected chi connectivity index (χ2v) is 8.22. The Morgan fingerprint density at radius 2 is 1.97 bits per heavy atom. The number of likely N-dealkylation sites (N-methyl/N-ethyl adjacent to an activating group) is 1. The van der Waals surface area contributed by atoms with Crippen LogP contribution in [0.25, 0.3) is 16.7 Å². The maximum absolute atomic E-state index is 15.2. The third-order valence-electron chi connectivity index (χ3n) is 5.42. The fourth-order valence-corrected chi connectivity index (χ4v) is 4.54. The van der Waals surface area contributed by atoms with Crippen molar-refractivity contribution >= 4 is 44.3 Å². The molecule has 4 rings (SSSR count). The predicted molar refractivity (Wildman–Crippen MR) is 120 cm³/mol. The van der Waals surface area contributed by atoms with E-state index in [0.29, 0.717) is 19.2 Å². The minimum absolute atomic E-state index is 0.0228. The summed E-state index contributed by atoms with van der Waals surface area (Å²) >= 11 is 3.35. The third kappa shape index (κ3) is 3.82. The monoisotopic (exact) mass is 525 g/mol. The lowest BCUT2D eigenvalue weighted by molar-refractivity contribution is 0.0524. The lowest BCUT2D eigenvalue weighted by atomic mass is 10.0. The molecule has 1 saturated heterocycles. The standard InChI is InChI=1S/C21H19BrF3N5O3/c1-3-33-21(32)11-8-30(20-14(25)5-13(24)19(26)28-20)16-10(18(11)31)4-12(23)17(15(16)22)29-6-9(7-29)27-2/h4-5,8-9,27H,3,6-7H2,1-2H3,(H2,26,28). The Balaban J connectivity index is 2.07. The number of aromatic nitrogens is 2. The average Bonchev–Trinajstić information content (AvgIpc) is 2.73. The maximum atomic E-state index is 15.2. The highest BCUT2D eigenvalue weighted by atomic mass is 79.9. The van der Waals surface area contributed by atoms with E-state index in [1.165, 1.54) is 0 Å². The third-order valence-corrected chi connectivity index (χ3v) is 6.18. The normalized spacial score (nSPS) is 13.9. The summed E-state index contributed by atoms with van der Waals surface area (Å²) < 4.78 is 49.8. The van der Waals surface area contributed by atoms with E-state index < -0.39 is 46.0 Å². The van der Waals surface area contributed by atoms with Crippen molar-refractivity contribution in [1.82, 2.24) is 14.9 Å². The van der Waals surface area contributed by atoms with Gasteiger partial charge in [-0.05, 0) is 36.0 Å². The zero-order valence-corrected chi connectivity index (χ0v) is 19.2. The van der Waals surface area contributed by atoms with E-state index in [2.05, 4.69) is 26.2 Å². The molecule has 3 aromatic rings. The van der Waals surface area contributed by atoms with Crippen molar-refractivity contribution in [3.63, 3.8) is 0 Å². The van der Waals surface area contributed by atoms with Crippen LogP contribution in [0.1, 0.15) is 17.3 Å². The number of nitrogen functional groups attached to an aromatic ring is 1. The van der Waals surface area contributed by atoms with Crippen molar-refractivity contribution in [2.45, 2.75) is 13.0 Å². The number of esters is 1. The second-order valence-electron chi connectivity index (χ2n) is 7.43. The summed E-state index contributed by atoms with van der Waals surface area (Å²) in [6.07, 6.45) is 1.03. The summed E-state index contributed by atoms with van der Waals surface area (Å²) in [4.78, 5) is 31.0. The minimum atomic E-state index is -1.10. The Labute approximate surface area is 194 Å². The van der Waals surface area contributed by atoms with Crippen molar-refractivity contribution in [2.24, 2.45) is 0 Å². The number of carbonyl (C=O) groups excluding carboxylic acids is 1. The molecule has 33 heavy (non-hydrogen) atoms. The van der Waals surface area contributed by atoms with Gasteiger partial charge in [0.25, 0.3) is 0 Å². The Kier molecular flexibility index (Phi) is 6.06. The van der Waals surface area contributed by atoms with Crippen molar-refractivity contribution in [1.29, 1.82) is 0 Å². The smallest absolute Gasteiger partial charge is 0.343 e. The molecule has 1 fully saturated rings. The quantitative estimate of drug-likeness (QED) is 0.493. The number of hydrogen-bond acceptors (Lipinski definition) is 7. The number of ether oxygens (including phenoxy) is 1. The van der Waals surface area contributed by atoms with Crippen molar-refractivity contribution in [3.8, 4) is 5.82 Å².